The minimum atomic E-state index is -0.559. The van der Waals surface area contributed by atoms with E-state index in [1.807, 2.05) is 26.0 Å². The van der Waals surface area contributed by atoms with Gasteiger partial charge in [0.1, 0.15) is 11.3 Å². The van der Waals surface area contributed by atoms with Crippen molar-refractivity contribution in [3.8, 4) is 0 Å². The lowest BCUT2D eigenvalue weighted by Gasteiger charge is -2.22. The Kier molecular flexibility index (Phi) is 5.64. The van der Waals surface area contributed by atoms with E-state index in [1.54, 1.807) is 0 Å². The van der Waals surface area contributed by atoms with Crippen LogP contribution in [0.5, 0.6) is 0 Å². The highest BCUT2D eigenvalue weighted by Gasteiger charge is 2.36. The first kappa shape index (κ1) is 18.5. The van der Waals surface area contributed by atoms with Gasteiger partial charge in [0.25, 0.3) is 11.8 Å². The number of benzene rings is 1. The summed E-state index contributed by atoms with van der Waals surface area (Å²) < 4.78 is 0. The topological polar surface area (TPSA) is 78.4 Å². The number of hydrogen-bond acceptors (Lipinski definition) is 3. The van der Waals surface area contributed by atoms with Crippen LogP contribution in [0.25, 0.3) is 0 Å². The fourth-order valence-corrected chi connectivity index (χ4v) is 3.92. The first-order valence-electron chi connectivity index (χ1n) is 9.61. The second-order valence-corrected chi connectivity index (χ2v) is 7.83. The van der Waals surface area contributed by atoms with Crippen LogP contribution in [-0.2, 0) is 9.59 Å². The van der Waals surface area contributed by atoms with Gasteiger partial charge in [0, 0.05) is 5.69 Å². The highest BCUT2D eigenvalue weighted by atomic mass is 16.3. The van der Waals surface area contributed by atoms with E-state index in [2.05, 4.69) is 22.8 Å². The molecule has 1 aromatic rings. The monoisotopic (exact) mass is 356 g/mol. The van der Waals surface area contributed by atoms with E-state index >= 15 is 0 Å². The molecule has 0 saturated heterocycles. The van der Waals surface area contributed by atoms with Gasteiger partial charge < -0.3 is 15.7 Å². The Morgan fingerprint density at radius 3 is 2.46 bits per heavy atom. The normalized spacial score (nSPS) is 21.2. The maximum atomic E-state index is 12.5. The Balaban J connectivity index is 1.67. The molecule has 26 heavy (non-hydrogen) atoms. The molecule has 0 bridgehead atoms. The van der Waals surface area contributed by atoms with Crippen molar-refractivity contribution in [2.24, 2.45) is 5.92 Å². The van der Waals surface area contributed by atoms with Crippen molar-refractivity contribution in [1.29, 1.82) is 0 Å². The van der Waals surface area contributed by atoms with Crippen molar-refractivity contribution >= 4 is 17.5 Å². The van der Waals surface area contributed by atoms with Gasteiger partial charge in [0.15, 0.2) is 0 Å². The summed E-state index contributed by atoms with van der Waals surface area (Å²) in [5, 5.41) is 15.7. The number of rotatable bonds is 5. The van der Waals surface area contributed by atoms with Gasteiger partial charge in [-0.2, -0.15) is 0 Å². The van der Waals surface area contributed by atoms with Gasteiger partial charge >= 0.3 is 0 Å². The summed E-state index contributed by atoms with van der Waals surface area (Å²) in [5.41, 5.74) is 1.77. The molecular weight excluding hydrogens is 328 g/mol. The summed E-state index contributed by atoms with van der Waals surface area (Å²) in [6, 6.07) is 7.37. The molecule has 1 fully saturated rings. The van der Waals surface area contributed by atoms with E-state index in [0.717, 1.165) is 0 Å². The predicted octanol–water partition coefficient (Wildman–Crippen LogP) is 4.03. The van der Waals surface area contributed by atoms with Crippen LogP contribution in [-0.4, -0.2) is 23.0 Å². The van der Waals surface area contributed by atoms with Crippen molar-refractivity contribution in [2.75, 3.05) is 5.32 Å². The first-order chi connectivity index (χ1) is 12.5. The molecule has 0 aromatic heterocycles. The molecule has 5 nitrogen and oxygen atoms in total. The molecule has 1 heterocycles. The molecular formula is C21H28N2O3. The van der Waals surface area contributed by atoms with Gasteiger partial charge in [0.2, 0.25) is 0 Å². The lowest BCUT2D eigenvalue weighted by atomic mass is 9.84. The second-order valence-electron chi connectivity index (χ2n) is 7.83. The van der Waals surface area contributed by atoms with Crippen LogP contribution in [0.3, 0.4) is 0 Å². The molecule has 1 aliphatic heterocycles. The van der Waals surface area contributed by atoms with Gasteiger partial charge in [0.05, 0.1) is 6.04 Å². The zero-order valence-corrected chi connectivity index (χ0v) is 15.5. The van der Waals surface area contributed by atoms with Crippen molar-refractivity contribution in [2.45, 2.75) is 64.3 Å². The maximum absolute atomic E-state index is 12.5. The van der Waals surface area contributed by atoms with Crippen LogP contribution < -0.4 is 10.6 Å². The number of amides is 2. The number of aliphatic hydroxyl groups is 1. The molecule has 140 valence electrons. The number of aliphatic hydroxyl groups excluding tert-OH is 1. The zero-order valence-electron chi connectivity index (χ0n) is 15.5. The highest BCUT2D eigenvalue weighted by Crippen LogP contribution is 2.33. The van der Waals surface area contributed by atoms with Crippen LogP contribution in [0.15, 0.2) is 35.6 Å². The molecule has 1 unspecified atom stereocenters. The summed E-state index contributed by atoms with van der Waals surface area (Å²) in [7, 11) is 0. The number of anilines is 1. The minimum absolute atomic E-state index is 0.153. The molecule has 2 aliphatic rings. The number of hydrogen-bond donors (Lipinski definition) is 3. The number of carbonyl (C=O) groups is 2. The minimum Gasteiger partial charge on any atom is -0.509 e. The van der Waals surface area contributed by atoms with Gasteiger partial charge in [-0.3, -0.25) is 9.59 Å². The summed E-state index contributed by atoms with van der Waals surface area (Å²) in [6.45, 7) is 4.01. The Hall–Kier alpha value is -2.30. The molecule has 2 amide bonds. The first-order valence-corrected chi connectivity index (χ1v) is 9.61. The van der Waals surface area contributed by atoms with Crippen molar-refractivity contribution in [1.82, 2.24) is 5.32 Å². The van der Waals surface area contributed by atoms with Crippen LogP contribution in [0, 0.1) is 5.92 Å². The molecule has 1 aliphatic carbocycles. The Morgan fingerprint density at radius 2 is 1.85 bits per heavy atom. The van der Waals surface area contributed by atoms with Crippen LogP contribution in [0.4, 0.5) is 5.69 Å². The Labute approximate surface area is 154 Å². The molecule has 1 saturated carbocycles. The maximum Gasteiger partial charge on any atom is 0.264 e. The molecule has 1 aromatic carbocycles. The fourth-order valence-electron chi connectivity index (χ4n) is 3.92. The quantitative estimate of drug-likeness (QED) is 0.697. The van der Waals surface area contributed by atoms with E-state index in [4.69, 9.17) is 0 Å². The number of carbonyl (C=O) groups excluding carboxylic acids is 2. The second kappa shape index (κ2) is 7.94. The SMILES string of the molecule is CC(C)CC1NC(=O)C(C(=O)Nc2ccc(C3CCCCC3)cc2)=C1O. The fraction of sp³-hybridized carbons (Fsp3) is 0.524. The summed E-state index contributed by atoms with van der Waals surface area (Å²) in [4.78, 5) is 24.5. The lowest BCUT2D eigenvalue weighted by molar-refractivity contribution is -0.120. The Morgan fingerprint density at radius 1 is 1.19 bits per heavy atom. The summed E-state index contributed by atoms with van der Waals surface area (Å²) in [5.74, 6) is -0.309. The standard InChI is InChI=1S/C21H28N2O3/c1-13(2)12-17-19(24)18(21(26)23-17)20(25)22-16-10-8-15(9-11-16)14-6-4-3-5-7-14/h8-11,13-14,17,24H,3-7,12H2,1-2H3,(H,22,25)(H,23,26). The van der Waals surface area contributed by atoms with E-state index < -0.39 is 17.9 Å². The molecule has 3 rings (SSSR count). The average molecular weight is 356 g/mol. The lowest BCUT2D eigenvalue weighted by Crippen LogP contribution is -2.31. The van der Waals surface area contributed by atoms with E-state index in [9.17, 15) is 14.7 Å². The van der Waals surface area contributed by atoms with Crippen LogP contribution in [0.2, 0.25) is 0 Å². The third-order valence-electron chi connectivity index (χ3n) is 5.30. The highest BCUT2D eigenvalue weighted by molar-refractivity contribution is 6.24. The Bertz CT molecular complexity index is 700. The molecule has 1 atom stereocenters. The van der Waals surface area contributed by atoms with Crippen molar-refractivity contribution in [3.63, 3.8) is 0 Å². The van der Waals surface area contributed by atoms with Crippen molar-refractivity contribution in [3.05, 3.63) is 41.2 Å². The van der Waals surface area contributed by atoms with E-state index in [-0.39, 0.29) is 11.3 Å². The molecule has 0 spiro atoms. The van der Waals surface area contributed by atoms with E-state index in [1.165, 1.54) is 37.7 Å². The molecule has 5 heteroatoms. The van der Waals surface area contributed by atoms with Gasteiger partial charge in [-0.15, -0.1) is 0 Å². The third kappa shape index (κ3) is 4.09. The number of nitrogens with one attached hydrogen (secondary N) is 2. The largest absolute Gasteiger partial charge is 0.509 e. The van der Waals surface area contributed by atoms with Gasteiger partial charge in [-0.25, -0.2) is 0 Å². The predicted molar refractivity (Wildman–Crippen MR) is 102 cm³/mol. The molecule has 0 radical (unpaired) electrons. The smallest absolute Gasteiger partial charge is 0.264 e. The van der Waals surface area contributed by atoms with E-state index in [0.29, 0.717) is 23.9 Å². The van der Waals surface area contributed by atoms with Crippen molar-refractivity contribution < 1.29 is 14.7 Å². The third-order valence-corrected chi connectivity index (χ3v) is 5.30. The van der Waals surface area contributed by atoms with Crippen LogP contribution >= 0.6 is 0 Å². The average Bonchev–Trinajstić information content (AvgIpc) is 2.89. The summed E-state index contributed by atoms with van der Waals surface area (Å²) in [6.07, 6.45) is 6.94. The van der Waals surface area contributed by atoms with Gasteiger partial charge in [-0.1, -0.05) is 45.2 Å². The zero-order chi connectivity index (χ0) is 18.7. The van der Waals surface area contributed by atoms with Gasteiger partial charge in [-0.05, 0) is 48.8 Å². The molecule has 3 N–H and O–H groups in total. The van der Waals surface area contributed by atoms with Crippen LogP contribution in [0.1, 0.15) is 63.9 Å². The summed E-state index contributed by atoms with van der Waals surface area (Å²) >= 11 is 0.